The summed E-state index contributed by atoms with van der Waals surface area (Å²) in [5, 5.41) is 0. The molecule has 2 rings (SSSR count). The maximum atomic E-state index is 12.5. The van der Waals surface area contributed by atoms with Gasteiger partial charge in [-0.25, -0.2) is 8.42 Å². The monoisotopic (exact) mass is 452 g/mol. The zero-order chi connectivity index (χ0) is 23.0. The zero-order valence-electron chi connectivity index (χ0n) is 19.2. The van der Waals surface area contributed by atoms with Crippen molar-refractivity contribution in [1.82, 2.24) is 9.21 Å². The molecular weight excluding hydrogens is 416 g/mol. The van der Waals surface area contributed by atoms with E-state index in [1.807, 2.05) is 0 Å². The number of aryl methyl sites for hydroxylation is 1. The molecule has 1 amide bonds. The number of likely N-dealkylation sites (N-methyl/N-ethyl adjacent to an activating group) is 1. The van der Waals surface area contributed by atoms with Crippen LogP contribution in [0.15, 0.2) is 29.2 Å². The van der Waals surface area contributed by atoms with Crippen LogP contribution in [-0.2, 0) is 30.8 Å². The third-order valence-electron chi connectivity index (χ3n) is 6.17. The van der Waals surface area contributed by atoms with E-state index in [0.717, 1.165) is 31.2 Å². The number of carbonyl (C=O) groups is 2. The molecular formula is C23H36N2O5S. The van der Waals surface area contributed by atoms with Gasteiger partial charge in [0.2, 0.25) is 10.0 Å². The van der Waals surface area contributed by atoms with Crippen molar-refractivity contribution in [3.63, 3.8) is 0 Å². The van der Waals surface area contributed by atoms with Gasteiger partial charge in [-0.3, -0.25) is 9.59 Å². The van der Waals surface area contributed by atoms with Gasteiger partial charge in [0.15, 0.2) is 6.61 Å². The normalized spacial score (nSPS) is 19.3. The molecule has 0 aliphatic heterocycles. The van der Waals surface area contributed by atoms with Crippen LogP contribution in [0.5, 0.6) is 0 Å². The Balaban J connectivity index is 1.79. The van der Waals surface area contributed by atoms with Crippen LogP contribution in [0.2, 0.25) is 0 Å². The molecule has 0 saturated heterocycles. The lowest BCUT2D eigenvalue weighted by Gasteiger charge is -2.33. The van der Waals surface area contributed by atoms with Crippen molar-refractivity contribution in [2.75, 3.05) is 26.7 Å². The molecule has 0 bridgehead atoms. The van der Waals surface area contributed by atoms with Crippen molar-refractivity contribution in [3.8, 4) is 0 Å². The van der Waals surface area contributed by atoms with Crippen LogP contribution in [0.25, 0.3) is 0 Å². The van der Waals surface area contributed by atoms with E-state index in [0.29, 0.717) is 25.4 Å². The lowest BCUT2D eigenvalue weighted by molar-refractivity contribution is -0.152. The lowest BCUT2D eigenvalue weighted by Crippen LogP contribution is -2.41. The Hall–Kier alpha value is -1.93. The van der Waals surface area contributed by atoms with Crippen molar-refractivity contribution < 1.29 is 22.7 Å². The molecule has 0 heterocycles. The third kappa shape index (κ3) is 7.04. The van der Waals surface area contributed by atoms with Gasteiger partial charge in [-0.2, -0.15) is 4.31 Å². The highest BCUT2D eigenvalue weighted by atomic mass is 32.2. The molecule has 0 spiro atoms. The number of sulfonamides is 1. The number of hydrogen-bond acceptors (Lipinski definition) is 5. The molecule has 31 heavy (non-hydrogen) atoms. The molecule has 1 aliphatic carbocycles. The largest absolute Gasteiger partial charge is 0.456 e. The molecule has 1 aliphatic rings. The molecule has 0 unspecified atom stereocenters. The van der Waals surface area contributed by atoms with E-state index < -0.39 is 16.0 Å². The highest BCUT2D eigenvalue weighted by Gasteiger charge is 2.25. The van der Waals surface area contributed by atoms with Crippen molar-refractivity contribution in [2.45, 2.75) is 70.2 Å². The van der Waals surface area contributed by atoms with Crippen LogP contribution in [0.1, 0.15) is 58.4 Å². The van der Waals surface area contributed by atoms with E-state index >= 15 is 0 Å². The Labute approximate surface area is 186 Å². The molecule has 8 heteroatoms. The highest BCUT2D eigenvalue weighted by molar-refractivity contribution is 7.89. The zero-order valence-corrected chi connectivity index (χ0v) is 20.0. The Morgan fingerprint density at radius 2 is 1.61 bits per heavy atom. The second kappa shape index (κ2) is 11.6. The smallest absolute Gasteiger partial charge is 0.306 e. The number of rotatable bonds is 10. The Morgan fingerprint density at radius 3 is 2.16 bits per heavy atom. The molecule has 7 nitrogen and oxygen atoms in total. The molecule has 0 radical (unpaired) electrons. The average molecular weight is 453 g/mol. The summed E-state index contributed by atoms with van der Waals surface area (Å²) < 4.78 is 31.6. The number of ether oxygens (including phenoxy) is 1. The number of nitrogens with zero attached hydrogens (tertiary/aromatic N) is 2. The number of esters is 1. The molecule has 174 valence electrons. The molecule has 1 aromatic carbocycles. The summed E-state index contributed by atoms with van der Waals surface area (Å²) in [6.45, 7) is 6.44. The number of carbonyl (C=O) groups excluding carboxylic acids is 2. The van der Waals surface area contributed by atoms with Gasteiger partial charge in [-0.1, -0.05) is 32.9 Å². The molecule has 1 fully saturated rings. The quantitative estimate of drug-likeness (QED) is 0.509. The SMILES string of the molecule is CCN(CC)S(=O)(=O)c1ccc(CCC(=O)OCC(=O)N(C)C2CCC(C)CC2)cc1. The van der Waals surface area contributed by atoms with Crippen molar-refractivity contribution in [3.05, 3.63) is 29.8 Å². The van der Waals surface area contributed by atoms with Crippen LogP contribution in [-0.4, -0.2) is 62.3 Å². The summed E-state index contributed by atoms with van der Waals surface area (Å²) in [7, 11) is -1.71. The van der Waals surface area contributed by atoms with Gasteiger partial charge in [0, 0.05) is 32.6 Å². The van der Waals surface area contributed by atoms with E-state index in [2.05, 4.69) is 6.92 Å². The van der Waals surface area contributed by atoms with Gasteiger partial charge >= 0.3 is 5.97 Å². The summed E-state index contributed by atoms with van der Waals surface area (Å²) >= 11 is 0. The summed E-state index contributed by atoms with van der Waals surface area (Å²) in [6.07, 6.45) is 4.80. The van der Waals surface area contributed by atoms with Gasteiger partial charge < -0.3 is 9.64 Å². The summed E-state index contributed by atoms with van der Waals surface area (Å²) in [6, 6.07) is 6.79. The first-order valence-electron chi connectivity index (χ1n) is 11.2. The van der Waals surface area contributed by atoms with Gasteiger partial charge in [0.1, 0.15) is 0 Å². The maximum absolute atomic E-state index is 12.5. The fraction of sp³-hybridized carbons (Fsp3) is 0.652. The summed E-state index contributed by atoms with van der Waals surface area (Å²) in [5.74, 6) is 0.113. The Morgan fingerprint density at radius 1 is 1.03 bits per heavy atom. The van der Waals surface area contributed by atoms with E-state index in [9.17, 15) is 18.0 Å². The minimum absolute atomic E-state index is 0.139. The van der Waals surface area contributed by atoms with Crippen molar-refractivity contribution in [1.29, 1.82) is 0 Å². The fourth-order valence-electron chi connectivity index (χ4n) is 3.94. The highest BCUT2D eigenvalue weighted by Crippen LogP contribution is 2.26. The standard InChI is InChI=1S/C23H36N2O5S/c1-5-25(6-2)31(28,29)21-14-9-19(10-15-21)11-16-23(27)30-17-22(26)24(4)20-12-7-18(3)8-13-20/h9-10,14-15,18,20H,5-8,11-13,16-17H2,1-4H3. The first kappa shape index (κ1) is 25.3. The second-order valence-corrected chi connectivity index (χ2v) is 10.3. The van der Waals surface area contributed by atoms with E-state index in [1.165, 1.54) is 4.31 Å². The number of amides is 1. The van der Waals surface area contributed by atoms with Crippen LogP contribution < -0.4 is 0 Å². The first-order valence-corrected chi connectivity index (χ1v) is 12.6. The van der Waals surface area contributed by atoms with E-state index in [1.54, 1.807) is 50.1 Å². The molecule has 0 N–H and O–H groups in total. The van der Waals surface area contributed by atoms with Crippen molar-refractivity contribution >= 4 is 21.9 Å². The predicted molar refractivity (Wildman–Crippen MR) is 120 cm³/mol. The van der Waals surface area contributed by atoms with Crippen molar-refractivity contribution in [2.24, 2.45) is 5.92 Å². The first-order chi connectivity index (χ1) is 14.7. The third-order valence-corrected chi connectivity index (χ3v) is 8.23. The maximum Gasteiger partial charge on any atom is 0.306 e. The fourth-order valence-corrected chi connectivity index (χ4v) is 5.39. The molecule has 0 atom stereocenters. The Bertz CT molecular complexity index is 826. The van der Waals surface area contributed by atoms with Gasteiger partial charge in [0.25, 0.3) is 5.91 Å². The number of hydrogen-bond donors (Lipinski definition) is 0. The van der Waals surface area contributed by atoms with Crippen LogP contribution in [0, 0.1) is 5.92 Å². The lowest BCUT2D eigenvalue weighted by atomic mass is 9.87. The molecule has 0 aromatic heterocycles. The minimum Gasteiger partial charge on any atom is -0.456 e. The van der Waals surface area contributed by atoms with Gasteiger partial charge in [-0.15, -0.1) is 0 Å². The predicted octanol–water partition coefficient (Wildman–Crippen LogP) is 3.23. The van der Waals surface area contributed by atoms with Gasteiger partial charge in [-0.05, 0) is 55.7 Å². The topological polar surface area (TPSA) is 84.0 Å². The average Bonchev–Trinajstić information content (AvgIpc) is 2.77. The second-order valence-electron chi connectivity index (χ2n) is 8.31. The van der Waals surface area contributed by atoms with Crippen LogP contribution in [0.4, 0.5) is 0 Å². The van der Waals surface area contributed by atoms with E-state index in [4.69, 9.17) is 4.74 Å². The van der Waals surface area contributed by atoms with Crippen LogP contribution in [0.3, 0.4) is 0 Å². The minimum atomic E-state index is -3.49. The number of benzene rings is 1. The molecule has 1 aromatic rings. The Kier molecular flexibility index (Phi) is 9.50. The summed E-state index contributed by atoms with van der Waals surface area (Å²) in [5.41, 5.74) is 0.843. The van der Waals surface area contributed by atoms with Gasteiger partial charge in [0.05, 0.1) is 4.90 Å². The molecule has 1 saturated carbocycles. The van der Waals surface area contributed by atoms with E-state index in [-0.39, 0.29) is 29.9 Å². The summed E-state index contributed by atoms with van der Waals surface area (Å²) in [4.78, 5) is 26.3. The van der Waals surface area contributed by atoms with Crippen LogP contribution >= 0.6 is 0 Å².